The molecule has 1 aliphatic carbocycles. The summed E-state index contributed by atoms with van der Waals surface area (Å²) < 4.78 is 24.1. The van der Waals surface area contributed by atoms with Crippen LogP contribution in [0.4, 0.5) is 0 Å². The highest BCUT2D eigenvalue weighted by Crippen LogP contribution is 2.46. The van der Waals surface area contributed by atoms with Gasteiger partial charge in [-0.15, -0.1) is 0 Å². The number of benzene rings is 1. The molecule has 4 atom stereocenters. The van der Waals surface area contributed by atoms with Gasteiger partial charge in [-0.05, 0) is 38.2 Å². The number of fused-ring (bicyclic) bond motifs is 1. The fourth-order valence-electron chi connectivity index (χ4n) is 3.26. The van der Waals surface area contributed by atoms with E-state index in [0.29, 0.717) is 12.5 Å². The van der Waals surface area contributed by atoms with Crippen molar-refractivity contribution in [2.45, 2.75) is 63.7 Å². The van der Waals surface area contributed by atoms with Crippen LogP contribution in [0.25, 0.3) is 0 Å². The van der Waals surface area contributed by atoms with Crippen molar-refractivity contribution in [3.05, 3.63) is 35.9 Å². The minimum atomic E-state index is -0.585. The summed E-state index contributed by atoms with van der Waals surface area (Å²) in [6.45, 7) is 4.44. The second kappa shape index (κ2) is 5.06. The molecule has 0 aromatic heterocycles. The number of hydrogen-bond acceptors (Lipinski definition) is 4. The maximum atomic E-state index is 6.18. The third kappa shape index (κ3) is 2.73. The molecule has 1 saturated carbocycles. The second-order valence-electron chi connectivity index (χ2n) is 6.67. The zero-order valence-corrected chi connectivity index (χ0v) is 12.5. The van der Waals surface area contributed by atoms with Crippen molar-refractivity contribution in [3.8, 4) is 0 Å². The monoisotopic (exact) mass is 290 g/mol. The predicted molar refractivity (Wildman–Crippen MR) is 76.4 cm³/mol. The van der Waals surface area contributed by atoms with Gasteiger partial charge in [0.1, 0.15) is 12.2 Å². The molecule has 0 amide bonds. The van der Waals surface area contributed by atoms with E-state index in [4.69, 9.17) is 18.9 Å². The first-order valence-electron chi connectivity index (χ1n) is 7.79. The smallest absolute Gasteiger partial charge is 0.190 e. The molecule has 0 N–H and O–H groups in total. The van der Waals surface area contributed by atoms with Crippen LogP contribution >= 0.6 is 0 Å². The van der Waals surface area contributed by atoms with Gasteiger partial charge in [0.25, 0.3) is 0 Å². The minimum Gasteiger partial charge on any atom is -0.368 e. The summed E-state index contributed by atoms with van der Waals surface area (Å²) in [5.41, 5.74) is 1.17. The van der Waals surface area contributed by atoms with E-state index in [1.54, 1.807) is 0 Å². The normalized spacial score (nSPS) is 37.6. The lowest BCUT2D eigenvalue weighted by Crippen LogP contribution is -2.37. The van der Waals surface area contributed by atoms with E-state index in [0.717, 1.165) is 0 Å². The minimum absolute atomic E-state index is 0.0375. The Balaban J connectivity index is 1.47. The molecule has 4 heteroatoms. The van der Waals surface area contributed by atoms with Gasteiger partial charge in [0.15, 0.2) is 12.1 Å². The lowest BCUT2D eigenvalue weighted by Gasteiger charge is -2.26. The molecule has 2 aliphatic heterocycles. The molecule has 2 heterocycles. The average molecular weight is 290 g/mol. The molecule has 0 radical (unpaired) electrons. The van der Waals surface area contributed by atoms with Crippen molar-refractivity contribution in [1.82, 2.24) is 0 Å². The van der Waals surface area contributed by atoms with Crippen LogP contribution in [0.2, 0.25) is 0 Å². The average Bonchev–Trinajstić information content (AvgIpc) is 3.18. The summed E-state index contributed by atoms with van der Waals surface area (Å²) in [4.78, 5) is 0. The Morgan fingerprint density at radius 1 is 1.10 bits per heavy atom. The fourth-order valence-corrected chi connectivity index (χ4v) is 3.26. The molecule has 3 aliphatic rings. The van der Waals surface area contributed by atoms with Crippen molar-refractivity contribution in [2.24, 2.45) is 5.92 Å². The van der Waals surface area contributed by atoms with Crippen LogP contribution < -0.4 is 0 Å². The molecule has 0 bridgehead atoms. The molecule has 1 unspecified atom stereocenters. The second-order valence-corrected chi connectivity index (χ2v) is 6.67. The van der Waals surface area contributed by atoms with E-state index in [1.165, 1.54) is 18.4 Å². The van der Waals surface area contributed by atoms with Crippen LogP contribution in [0.1, 0.15) is 32.3 Å². The van der Waals surface area contributed by atoms with E-state index in [1.807, 2.05) is 32.0 Å². The lowest BCUT2D eigenvalue weighted by atomic mass is 10.1. The quantitative estimate of drug-likeness (QED) is 0.854. The van der Waals surface area contributed by atoms with E-state index in [2.05, 4.69) is 12.1 Å². The Kier molecular flexibility index (Phi) is 3.30. The van der Waals surface area contributed by atoms with E-state index >= 15 is 0 Å². The Morgan fingerprint density at radius 2 is 1.86 bits per heavy atom. The zero-order chi connectivity index (χ0) is 14.4. The van der Waals surface area contributed by atoms with Crippen LogP contribution in [0.5, 0.6) is 0 Å². The Bertz CT molecular complexity index is 497. The van der Waals surface area contributed by atoms with Crippen molar-refractivity contribution in [2.75, 3.05) is 0 Å². The molecule has 1 aromatic carbocycles. The molecular formula is C17H22O4. The first kappa shape index (κ1) is 13.7. The Labute approximate surface area is 125 Å². The maximum Gasteiger partial charge on any atom is 0.190 e. The molecule has 21 heavy (non-hydrogen) atoms. The van der Waals surface area contributed by atoms with Crippen LogP contribution in [0.3, 0.4) is 0 Å². The van der Waals surface area contributed by atoms with Crippen LogP contribution in [0, 0.1) is 5.92 Å². The van der Waals surface area contributed by atoms with Crippen molar-refractivity contribution in [3.63, 3.8) is 0 Å². The van der Waals surface area contributed by atoms with Gasteiger partial charge in [-0.3, -0.25) is 0 Å². The summed E-state index contributed by atoms with van der Waals surface area (Å²) in [6.07, 6.45) is 2.11. The van der Waals surface area contributed by atoms with Gasteiger partial charge in [0, 0.05) is 0 Å². The van der Waals surface area contributed by atoms with Crippen LogP contribution in [0.15, 0.2) is 30.3 Å². The molecule has 114 valence electrons. The van der Waals surface area contributed by atoms with E-state index in [-0.39, 0.29) is 24.6 Å². The molecule has 1 aromatic rings. The summed E-state index contributed by atoms with van der Waals surface area (Å²) in [7, 11) is 0. The van der Waals surface area contributed by atoms with Crippen LogP contribution in [-0.2, 0) is 25.6 Å². The fraction of sp³-hybridized carbons (Fsp3) is 0.647. The van der Waals surface area contributed by atoms with Gasteiger partial charge in [0.2, 0.25) is 0 Å². The van der Waals surface area contributed by atoms with E-state index < -0.39 is 5.79 Å². The number of ether oxygens (including phenoxy) is 4. The lowest BCUT2D eigenvalue weighted by molar-refractivity contribution is -0.221. The van der Waals surface area contributed by atoms with Gasteiger partial charge < -0.3 is 18.9 Å². The molecule has 0 spiro atoms. The SMILES string of the molecule is CC1(C)O[C@H]2O[C@H](C3CC3)C(OCc3ccccc3)[C@@H]2O1. The summed E-state index contributed by atoms with van der Waals surface area (Å²) in [6, 6.07) is 10.2. The molecule has 4 rings (SSSR count). The summed E-state index contributed by atoms with van der Waals surface area (Å²) >= 11 is 0. The molecule has 3 fully saturated rings. The molecule has 2 saturated heterocycles. The van der Waals surface area contributed by atoms with Gasteiger partial charge in [-0.1, -0.05) is 30.3 Å². The number of hydrogen-bond donors (Lipinski definition) is 0. The topological polar surface area (TPSA) is 36.9 Å². The van der Waals surface area contributed by atoms with Crippen molar-refractivity contribution in [1.29, 1.82) is 0 Å². The van der Waals surface area contributed by atoms with Gasteiger partial charge >= 0.3 is 0 Å². The largest absolute Gasteiger partial charge is 0.368 e. The third-order valence-corrected chi connectivity index (χ3v) is 4.40. The van der Waals surface area contributed by atoms with Gasteiger partial charge in [0.05, 0.1) is 12.7 Å². The first-order valence-corrected chi connectivity index (χ1v) is 7.79. The zero-order valence-electron chi connectivity index (χ0n) is 12.5. The molecular weight excluding hydrogens is 268 g/mol. The highest BCUT2D eigenvalue weighted by Gasteiger charge is 2.58. The summed E-state index contributed by atoms with van der Waals surface area (Å²) in [5.74, 6) is 0.0183. The van der Waals surface area contributed by atoms with Gasteiger partial charge in [-0.25, -0.2) is 0 Å². The number of rotatable bonds is 4. The van der Waals surface area contributed by atoms with Gasteiger partial charge in [-0.2, -0.15) is 0 Å². The highest BCUT2D eigenvalue weighted by molar-refractivity contribution is 5.13. The van der Waals surface area contributed by atoms with Crippen molar-refractivity contribution >= 4 is 0 Å². The Hall–Kier alpha value is -0.940. The van der Waals surface area contributed by atoms with E-state index in [9.17, 15) is 0 Å². The predicted octanol–water partition coefficient (Wildman–Crippen LogP) is 2.86. The summed E-state index contributed by atoms with van der Waals surface area (Å²) in [5, 5.41) is 0. The van der Waals surface area contributed by atoms with Crippen LogP contribution in [-0.4, -0.2) is 30.4 Å². The highest BCUT2D eigenvalue weighted by atomic mass is 16.8. The van der Waals surface area contributed by atoms with Crippen molar-refractivity contribution < 1.29 is 18.9 Å². The third-order valence-electron chi connectivity index (χ3n) is 4.40. The standard InChI is InChI=1S/C17H22O4/c1-17(2)20-15-14(18-10-11-6-4-3-5-7-11)13(12-8-9-12)19-16(15)21-17/h3-7,12-16H,8-10H2,1-2H3/t13-,14?,15+,16-/m1/s1. The Morgan fingerprint density at radius 3 is 2.57 bits per heavy atom. The maximum absolute atomic E-state index is 6.18. The first-order chi connectivity index (χ1) is 10.1. The molecule has 4 nitrogen and oxygen atoms in total.